The smallest absolute Gasteiger partial charge is 0.353 e. The Labute approximate surface area is 176 Å². The summed E-state index contributed by atoms with van der Waals surface area (Å²) in [5.74, 6) is 0.834. The molecule has 0 radical (unpaired) electrons. The zero-order valence-corrected chi connectivity index (χ0v) is 16.8. The number of benzene rings is 2. The number of H-pyrrole nitrogens is 1. The van der Waals surface area contributed by atoms with Crippen molar-refractivity contribution < 1.29 is 9.53 Å². The van der Waals surface area contributed by atoms with Gasteiger partial charge in [-0.25, -0.2) is 4.79 Å². The Balaban J connectivity index is 1.46. The molecule has 29 heavy (non-hydrogen) atoms. The average Bonchev–Trinajstić information content (AvgIpc) is 3.39. The summed E-state index contributed by atoms with van der Waals surface area (Å²) in [5, 5.41) is 13.3. The normalized spacial score (nSPS) is 11.0. The van der Waals surface area contributed by atoms with Crippen LogP contribution < -0.4 is 4.74 Å². The third-order valence-electron chi connectivity index (χ3n) is 4.06. The highest BCUT2D eigenvalue weighted by Gasteiger charge is 2.09. The predicted octanol–water partition coefficient (Wildman–Crippen LogP) is 4.69. The van der Waals surface area contributed by atoms with E-state index >= 15 is 0 Å². The van der Waals surface area contributed by atoms with Crippen LogP contribution in [0.3, 0.4) is 0 Å². The summed E-state index contributed by atoms with van der Waals surface area (Å²) in [6.45, 7) is 0. The second-order valence-corrected chi connectivity index (χ2v) is 7.43. The fourth-order valence-corrected chi connectivity index (χ4v) is 3.43. The topological polar surface area (TPSA) is 72.3 Å². The van der Waals surface area contributed by atoms with E-state index in [4.69, 9.17) is 17.0 Å². The van der Waals surface area contributed by atoms with Gasteiger partial charge in [-0.15, -0.1) is 11.3 Å². The lowest BCUT2D eigenvalue weighted by Gasteiger charge is -2.03. The maximum atomic E-state index is 12.0. The Morgan fingerprint density at radius 1 is 1.14 bits per heavy atom. The van der Waals surface area contributed by atoms with Crippen LogP contribution in [-0.2, 0) is 6.42 Å². The monoisotopic (exact) mass is 420 g/mol. The molecule has 2 heterocycles. The number of hydrogen-bond acceptors (Lipinski definition) is 6. The highest BCUT2D eigenvalue weighted by Crippen LogP contribution is 2.16. The summed E-state index contributed by atoms with van der Waals surface area (Å²) in [6, 6.07) is 20.6. The number of nitrogens with zero attached hydrogens (tertiary/aromatic N) is 3. The number of aromatic nitrogens is 3. The summed E-state index contributed by atoms with van der Waals surface area (Å²) >= 11 is 6.63. The molecule has 0 aliphatic heterocycles. The molecular formula is C21H16N4O2S2. The van der Waals surface area contributed by atoms with E-state index in [0.29, 0.717) is 21.8 Å². The van der Waals surface area contributed by atoms with Crippen molar-refractivity contribution in [3.05, 3.63) is 98.7 Å². The zero-order chi connectivity index (χ0) is 20.1. The van der Waals surface area contributed by atoms with Crippen molar-refractivity contribution in [2.75, 3.05) is 0 Å². The number of ether oxygens (including phenoxy) is 1. The van der Waals surface area contributed by atoms with Crippen LogP contribution in [0.15, 0.2) is 77.2 Å². The predicted molar refractivity (Wildman–Crippen MR) is 115 cm³/mol. The van der Waals surface area contributed by atoms with Crippen LogP contribution in [0.4, 0.5) is 0 Å². The second-order valence-electron chi connectivity index (χ2n) is 6.10. The summed E-state index contributed by atoms with van der Waals surface area (Å²) < 4.78 is 7.39. The Bertz CT molecular complexity index is 1180. The fourth-order valence-electron chi connectivity index (χ4n) is 2.63. The molecule has 0 fully saturated rings. The van der Waals surface area contributed by atoms with Crippen molar-refractivity contribution in [3.63, 3.8) is 0 Å². The third-order valence-corrected chi connectivity index (χ3v) is 5.17. The highest BCUT2D eigenvalue weighted by atomic mass is 32.1. The van der Waals surface area contributed by atoms with Crippen LogP contribution in [0.1, 0.15) is 26.6 Å². The van der Waals surface area contributed by atoms with E-state index in [-0.39, 0.29) is 5.97 Å². The van der Waals surface area contributed by atoms with Gasteiger partial charge in [-0.2, -0.15) is 14.9 Å². The SMILES string of the molecule is O=C(Oc1ccc(/C=N\n2c(Cc3ccccc3)n[nH]c2=S)cc1)c1cccs1. The lowest BCUT2D eigenvalue weighted by molar-refractivity contribution is 0.0740. The van der Waals surface area contributed by atoms with Crippen LogP contribution in [0.5, 0.6) is 5.75 Å². The molecule has 6 nitrogen and oxygen atoms in total. The van der Waals surface area contributed by atoms with Gasteiger partial charge in [-0.1, -0.05) is 36.4 Å². The Morgan fingerprint density at radius 3 is 2.66 bits per heavy atom. The van der Waals surface area contributed by atoms with Gasteiger partial charge in [0.1, 0.15) is 10.6 Å². The number of carbonyl (C=O) groups is 1. The minimum atomic E-state index is -0.364. The first-order chi connectivity index (χ1) is 14.2. The molecule has 0 atom stereocenters. The maximum Gasteiger partial charge on any atom is 0.353 e. The molecule has 144 valence electrons. The Morgan fingerprint density at radius 2 is 1.93 bits per heavy atom. The maximum absolute atomic E-state index is 12.0. The van der Waals surface area contributed by atoms with E-state index in [2.05, 4.69) is 15.3 Å². The molecule has 0 saturated heterocycles. The number of rotatable bonds is 6. The molecule has 0 aliphatic carbocycles. The van der Waals surface area contributed by atoms with E-state index in [0.717, 1.165) is 17.0 Å². The van der Waals surface area contributed by atoms with Crippen LogP contribution >= 0.6 is 23.6 Å². The van der Waals surface area contributed by atoms with Crippen LogP contribution in [0, 0.1) is 4.77 Å². The lowest BCUT2D eigenvalue weighted by atomic mass is 10.1. The van der Waals surface area contributed by atoms with Gasteiger partial charge in [-0.3, -0.25) is 5.10 Å². The first-order valence-corrected chi connectivity index (χ1v) is 10.1. The van der Waals surface area contributed by atoms with Gasteiger partial charge >= 0.3 is 5.97 Å². The van der Waals surface area contributed by atoms with Crippen LogP contribution in [0.2, 0.25) is 0 Å². The number of hydrogen-bond donors (Lipinski definition) is 1. The van der Waals surface area contributed by atoms with Crippen molar-refractivity contribution in [3.8, 4) is 5.75 Å². The van der Waals surface area contributed by atoms with Crippen LogP contribution in [0.25, 0.3) is 0 Å². The molecule has 4 aromatic rings. The Kier molecular flexibility index (Phi) is 5.73. The number of nitrogens with one attached hydrogen (secondary N) is 1. The summed E-state index contributed by atoms with van der Waals surface area (Å²) in [6.07, 6.45) is 2.30. The second kappa shape index (κ2) is 8.76. The summed E-state index contributed by atoms with van der Waals surface area (Å²) in [5.41, 5.74) is 1.96. The van der Waals surface area contributed by atoms with Gasteiger partial charge < -0.3 is 4.74 Å². The number of esters is 1. The van der Waals surface area contributed by atoms with E-state index in [1.165, 1.54) is 11.3 Å². The minimum Gasteiger partial charge on any atom is -0.422 e. The minimum absolute atomic E-state index is 0.364. The van der Waals surface area contributed by atoms with Crippen molar-refractivity contribution >= 4 is 35.7 Å². The molecule has 2 aromatic carbocycles. The summed E-state index contributed by atoms with van der Waals surface area (Å²) in [4.78, 5) is 12.6. The van der Waals surface area contributed by atoms with Gasteiger partial charge in [0.2, 0.25) is 4.77 Å². The molecule has 0 aliphatic rings. The van der Waals surface area contributed by atoms with E-state index in [1.54, 1.807) is 29.1 Å². The highest BCUT2D eigenvalue weighted by molar-refractivity contribution is 7.71. The first-order valence-electron chi connectivity index (χ1n) is 8.79. The molecule has 0 spiro atoms. The molecule has 0 saturated carbocycles. The quantitative estimate of drug-likeness (QED) is 0.212. The molecular weight excluding hydrogens is 404 g/mol. The average molecular weight is 421 g/mol. The van der Waals surface area contributed by atoms with E-state index in [1.807, 2.05) is 53.9 Å². The molecule has 0 unspecified atom stereocenters. The zero-order valence-electron chi connectivity index (χ0n) is 15.2. The molecule has 8 heteroatoms. The van der Waals surface area contributed by atoms with Crippen molar-refractivity contribution in [2.45, 2.75) is 6.42 Å². The largest absolute Gasteiger partial charge is 0.422 e. The lowest BCUT2D eigenvalue weighted by Crippen LogP contribution is -2.06. The molecule has 1 N–H and O–H groups in total. The van der Waals surface area contributed by atoms with Crippen molar-refractivity contribution in [1.82, 2.24) is 14.9 Å². The number of aromatic amines is 1. The third kappa shape index (κ3) is 4.74. The molecule has 4 rings (SSSR count). The molecule has 0 amide bonds. The molecule has 0 bridgehead atoms. The van der Waals surface area contributed by atoms with Crippen molar-refractivity contribution in [1.29, 1.82) is 0 Å². The Hall–Kier alpha value is -3.36. The van der Waals surface area contributed by atoms with Gasteiger partial charge in [0.05, 0.1) is 6.21 Å². The van der Waals surface area contributed by atoms with Gasteiger partial charge in [0, 0.05) is 6.42 Å². The van der Waals surface area contributed by atoms with Crippen molar-refractivity contribution in [2.24, 2.45) is 5.10 Å². The van der Waals surface area contributed by atoms with E-state index < -0.39 is 0 Å². The molecule has 2 aromatic heterocycles. The van der Waals surface area contributed by atoms with Gasteiger partial charge in [0.25, 0.3) is 0 Å². The van der Waals surface area contributed by atoms with Crippen LogP contribution in [-0.4, -0.2) is 27.1 Å². The number of thiophene rings is 1. The standard InChI is InChI=1S/C21H16N4O2S2/c26-20(18-7-4-12-29-18)27-17-10-8-16(9-11-17)14-22-25-19(23-24-21(25)28)13-15-5-2-1-3-6-15/h1-12,14H,13H2,(H,24,28)/b22-14-. The van der Waals surface area contributed by atoms with Gasteiger partial charge in [-0.05, 0) is 59.1 Å². The first kappa shape index (κ1) is 19.0. The summed E-state index contributed by atoms with van der Waals surface area (Å²) in [7, 11) is 0. The van der Waals surface area contributed by atoms with Gasteiger partial charge in [0.15, 0.2) is 5.82 Å². The van der Waals surface area contributed by atoms with E-state index in [9.17, 15) is 4.79 Å². The number of carbonyl (C=O) groups excluding carboxylic acids is 1. The fraction of sp³-hybridized carbons (Fsp3) is 0.0476.